The summed E-state index contributed by atoms with van der Waals surface area (Å²) < 4.78 is 0.853. The fourth-order valence-electron chi connectivity index (χ4n) is 0.900. The number of allylic oxidation sites excluding steroid dienone is 1. The van der Waals surface area contributed by atoms with Crippen LogP contribution in [0.3, 0.4) is 0 Å². The number of hydrogen-bond donors (Lipinski definition) is 2. The molecule has 1 aromatic rings. The van der Waals surface area contributed by atoms with Crippen molar-refractivity contribution in [1.29, 1.82) is 5.26 Å². The topological polar surface area (TPSA) is 88.7 Å². The molecule has 0 aromatic carbocycles. The molecule has 1 aromatic heterocycles. The van der Waals surface area contributed by atoms with E-state index in [2.05, 4.69) is 11.6 Å². The number of nitrogen functional groups attached to an aromatic ring is 2. The van der Waals surface area contributed by atoms with Crippen molar-refractivity contribution in [3.63, 3.8) is 0 Å². The minimum atomic E-state index is 0.192. The number of hydrogen-bond acceptors (Lipinski definition) is 4. The third-order valence-electron chi connectivity index (χ3n) is 1.52. The normalized spacial score (nSPS) is 9.36. The van der Waals surface area contributed by atoms with Gasteiger partial charge in [0.15, 0.2) is 0 Å². The Bertz CT molecular complexity index is 371. The molecule has 5 heteroatoms. The van der Waals surface area contributed by atoms with Gasteiger partial charge in [0.05, 0.1) is 0 Å². The molecule has 0 bridgehead atoms. The number of rotatable bonds is 3. The van der Waals surface area contributed by atoms with Crippen molar-refractivity contribution in [2.45, 2.75) is 5.32 Å². The van der Waals surface area contributed by atoms with Crippen molar-refractivity contribution in [3.05, 3.63) is 24.3 Å². The summed E-state index contributed by atoms with van der Waals surface area (Å²) in [5.41, 5.74) is 11.9. The summed E-state index contributed by atoms with van der Waals surface area (Å²) in [4.78, 5) is 4.10. The Balaban J connectivity index is 3.02. The molecular formula is C9H10N4Se. The quantitative estimate of drug-likeness (QED) is 0.588. The van der Waals surface area contributed by atoms with Gasteiger partial charge in [-0.2, -0.15) is 0 Å². The summed E-state index contributed by atoms with van der Waals surface area (Å²) in [6.07, 6.45) is 1.83. The van der Waals surface area contributed by atoms with Crippen molar-refractivity contribution in [3.8, 4) is 6.07 Å². The van der Waals surface area contributed by atoms with Crippen molar-refractivity contribution in [1.82, 2.24) is 4.98 Å². The van der Waals surface area contributed by atoms with Crippen LogP contribution < -0.4 is 16.1 Å². The Morgan fingerprint density at radius 3 is 2.86 bits per heavy atom. The zero-order chi connectivity index (χ0) is 10.6. The summed E-state index contributed by atoms with van der Waals surface area (Å²) in [6, 6.07) is 3.63. The molecule has 0 unspecified atom stereocenters. The molecule has 1 heterocycles. The maximum atomic E-state index is 8.71. The van der Waals surface area contributed by atoms with E-state index in [0.29, 0.717) is 5.69 Å². The van der Waals surface area contributed by atoms with Crippen LogP contribution in [0.2, 0.25) is 5.32 Å². The van der Waals surface area contributed by atoms with E-state index < -0.39 is 0 Å². The van der Waals surface area contributed by atoms with Gasteiger partial charge in [0, 0.05) is 0 Å². The Morgan fingerprint density at radius 2 is 2.36 bits per heavy atom. The van der Waals surface area contributed by atoms with Gasteiger partial charge >= 0.3 is 88.4 Å². The maximum absolute atomic E-state index is 8.71. The van der Waals surface area contributed by atoms with E-state index in [-0.39, 0.29) is 26.3 Å². The molecule has 0 fully saturated rings. The molecule has 4 N–H and O–H groups in total. The zero-order valence-electron chi connectivity index (χ0n) is 7.53. The fourth-order valence-corrected chi connectivity index (χ4v) is 2.29. The number of nitrogens with two attached hydrogens (primary N) is 2. The Hall–Kier alpha value is -1.50. The number of nitriles is 1. The Kier molecular flexibility index (Phi) is 3.52. The van der Waals surface area contributed by atoms with Crippen molar-refractivity contribution < 1.29 is 0 Å². The molecule has 72 valence electrons. The van der Waals surface area contributed by atoms with Gasteiger partial charge in [-0.15, -0.1) is 0 Å². The van der Waals surface area contributed by atoms with Crippen LogP contribution in [-0.4, -0.2) is 19.9 Å². The molecule has 4 nitrogen and oxygen atoms in total. The van der Waals surface area contributed by atoms with Crippen LogP contribution in [0, 0.1) is 11.3 Å². The second kappa shape index (κ2) is 4.66. The average molecular weight is 253 g/mol. The van der Waals surface area contributed by atoms with Gasteiger partial charge in [0.2, 0.25) is 0 Å². The number of nitrogens with zero attached hydrogens (tertiary/aromatic N) is 2. The van der Waals surface area contributed by atoms with Gasteiger partial charge in [0.1, 0.15) is 0 Å². The van der Waals surface area contributed by atoms with Crippen molar-refractivity contribution in [2.24, 2.45) is 0 Å². The van der Waals surface area contributed by atoms with Gasteiger partial charge in [-0.05, 0) is 0 Å². The minimum absolute atomic E-state index is 0.192. The van der Waals surface area contributed by atoms with E-state index in [1.165, 1.54) is 0 Å². The van der Waals surface area contributed by atoms with E-state index >= 15 is 0 Å². The van der Waals surface area contributed by atoms with E-state index in [1.807, 2.05) is 12.1 Å². The molecule has 14 heavy (non-hydrogen) atoms. The van der Waals surface area contributed by atoms with E-state index in [9.17, 15) is 0 Å². The van der Waals surface area contributed by atoms with Gasteiger partial charge in [-0.1, -0.05) is 0 Å². The summed E-state index contributed by atoms with van der Waals surface area (Å²) in [7, 11) is 0. The number of anilines is 2. The molecule has 0 spiro atoms. The number of aromatic nitrogens is 1. The van der Waals surface area contributed by atoms with Crippen LogP contribution in [0.5, 0.6) is 0 Å². The standard InChI is InChI=1S/C9H10N4Se/c1-2-3-14-8-4-7(11)6(5-10)9(12)13-8/h2,4H,1,3H2,(H4,11,12,13). The summed E-state index contributed by atoms with van der Waals surface area (Å²) >= 11 is 0.192. The van der Waals surface area contributed by atoms with Crippen LogP contribution in [0.4, 0.5) is 11.5 Å². The second-order valence-corrected chi connectivity index (χ2v) is 4.70. The van der Waals surface area contributed by atoms with Crippen LogP contribution in [0.15, 0.2) is 18.7 Å². The molecular weight excluding hydrogens is 243 g/mol. The Labute approximate surface area is 88.8 Å². The van der Waals surface area contributed by atoms with Crippen LogP contribution >= 0.6 is 0 Å². The monoisotopic (exact) mass is 254 g/mol. The zero-order valence-corrected chi connectivity index (χ0v) is 9.24. The van der Waals surface area contributed by atoms with E-state index in [0.717, 1.165) is 9.91 Å². The van der Waals surface area contributed by atoms with Gasteiger partial charge < -0.3 is 0 Å². The summed E-state index contributed by atoms with van der Waals surface area (Å²) in [6.45, 7) is 3.63. The van der Waals surface area contributed by atoms with E-state index in [1.54, 1.807) is 6.07 Å². The molecule has 0 aliphatic carbocycles. The predicted molar refractivity (Wildman–Crippen MR) is 58.2 cm³/mol. The molecule has 0 aliphatic rings. The van der Waals surface area contributed by atoms with Gasteiger partial charge in [0.25, 0.3) is 0 Å². The van der Waals surface area contributed by atoms with Crippen LogP contribution in [-0.2, 0) is 0 Å². The first-order chi connectivity index (χ1) is 6.69. The number of pyridine rings is 1. The molecule has 0 radical (unpaired) electrons. The molecule has 0 saturated carbocycles. The fraction of sp³-hybridized carbons (Fsp3) is 0.111. The molecule has 1 rings (SSSR count). The average Bonchev–Trinajstić information content (AvgIpc) is 2.14. The third kappa shape index (κ3) is 2.25. The molecule has 0 saturated heterocycles. The SMILES string of the molecule is C=CC[Se]c1cc(N)c(C#N)c(N)n1. The Morgan fingerprint density at radius 1 is 1.64 bits per heavy atom. The van der Waals surface area contributed by atoms with Crippen molar-refractivity contribution in [2.75, 3.05) is 11.5 Å². The van der Waals surface area contributed by atoms with Crippen LogP contribution in [0.1, 0.15) is 5.56 Å². The van der Waals surface area contributed by atoms with E-state index in [4.69, 9.17) is 16.7 Å². The molecule has 0 aliphatic heterocycles. The van der Waals surface area contributed by atoms with Gasteiger partial charge in [-0.25, -0.2) is 0 Å². The van der Waals surface area contributed by atoms with Crippen molar-refractivity contribution >= 4 is 31.1 Å². The third-order valence-corrected chi connectivity index (χ3v) is 3.42. The first-order valence-corrected chi connectivity index (χ1v) is 5.95. The molecule has 0 atom stereocenters. The first-order valence-electron chi connectivity index (χ1n) is 3.88. The summed E-state index contributed by atoms with van der Waals surface area (Å²) in [5.74, 6) is 0.216. The molecule has 0 amide bonds. The van der Waals surface area contributed by atoms with Gasteiger partial charge in [-0.3, -0.25) is 0 Å². The first kappa shape index (κ1) is 10.6. The predicted octanol–water partition coefficient (Wildman–Crippen LogP) is 0.0515. The van der Waals surface area contributed by atoms with Crippen LogP contribution in [0.25, 0.3) is 0 Å². The summed E-state index contributed by atoms with van der Waals surface area (Å²) in [5, 5.41) is 9.58. The second-order valence-electron chi connectivity index (χ2n) is 2.52.